The van der Waals surface area contributed by atoms with Gasteiger partial charge in [-0.1, -0.05) is 6.07 Å². The van der Waals surface area contributed by atoms with Crippen molar-refractivity contribution in [3.8, 4) is 0 Å². The van der Waals surface area contributed by atoms with E-state index in [9.17, 15) is 18.0 Å². The first-order chi connectivity index (χ1) is 9.10. The van der Waals surface area contributed by atoms with Crippen LogP contribution in [0, 0.1) is 5.41 Å². The number of halogens is 4. The van der Waals surface area contributed by atoms with Crippen molar-refractivity contribution < 1.29 is 22.7 Å². The van der Waals surface area contributed by atoms with E-state index in [1.165, 1.54) is 6.07 Å². The molecule has 0 aliphatic rings. The van der Waals surface area contributed by atoms with Crippen LogP contribution in [0.3, 0.4) is 0 Å². The summed E-state index contributed by atoms with van der Waals surface area (Å²) in [6.07, 6.45) is -3.46. The monoisotopic (exact) mass is 326 g/mol. The summed E-state index contributed by atoms with van der Waals surface area (Å²) in [4.78, 5) is 15.1. The van der Waals surface area contributed by atoms with Crippen molar-refractivity contribution in [3.63, 3.8) is 0 Å². The molecule has 120 valence electrons. The van der Waals surface area contributed by atoms with Crippen molar-refractivity contribution in [1.82, 2.24) is 4.98 Å². The number of hydrogen-bond acceptors (Lipinski definition) is 4. The van der Waals surface area contributed by atoms with Gasteiger partial charge in [-0.2, -0.15) is 13.2 Å². The average Bonchev–Trinajstić information content (AvgIpc) is 2.37. The molecule has 8 heteroatoms. The van der Waals surface area contributed by atoms with Crippen LogP contribution in [0.15, 0.2) is 18.3 Å². The minimum atomic E-state index is -4.50. The van der Waals surface area contributed by atoms with Crippen LogP contribution in [-0.2, 0) is 15.7 Å². The molecule has 0 aromatic carbocycles. The van der Waals surface area contributed by atoms with Crippen LogP contribution >= 0.6 is 12.4 Å². The Morgan fingerprint density at radius 1 is 1.38 bits per heavy atom. The molecule has 0 fully saturated rings. The van der Waals surface area contributed by atoms with E-state index < -0.39 is 29.3 Å². The molecule has 0 aliphatic heterocycles. The SMILES string of the molecule is CCOC(=O)C(C)(C)C(N)c1ccc(C(F)(F)F)nc1.Cl. The predicted molar refractivity (Wildman–Crippen MR) is 73.8 cm³/mol. The van der Waals surface area contributed by atoms with Gasteiger partial charge < -0.3 is 10.5 Å². The average molecular weight is 327 g/mol. The number of nitrogens with zero attached hydrogens (tertiary/aromatic N) is 1. The summed E-state index contributed by atoms with van der Waals surface area (Å²) in [5.41, 5.74) is 4.23. The molecule has 1 atom stereocenters. The summed E-state index contributed by atoms with van der Waals surface area (Å²) in [5.74, 6) is -0.507. The highest BCUT2D eigenvalue weighted by Crippen LogP contribution is 2.34. The molecule has 0 bridgehead atoms. The second-order valence-corrected chi connectivity index (χ2v) is 4.89. The maximum Gasteiger partial charge on any atom is 0.433 e. The Morgan fingerprint density at radius 3 is 2.33 bits per heavy atom. The quantitative estimate of drug-likeness (QED) is 0.863. The molecule has 0 spiro atoms. The number of nitrogens with two attached hydrogens (primary N) is 1. The lowest BCUT2D eigenvalue weighted by molar-refractivity contribution is -0.154. The molecule has 1 aromatic heterocycles. The van der Waals surface area contributed by atoms with E-state index in [-0.39, 0.29) is 19.0 Å². The zero-order valence-corrected chi connectivity index (χ0v) is 12.7. The summed E-state index contributed by atoms with van der Waals surface area (Å²) in [6.45, 7) is 5.03. The van der Waals surface area contributed by atoms with Crippen molar-refractivity contribution in [2.24, 2.45) is 11.1 Å². The summed E-state index contributed by atoms with van der Waals surface area (Å²) < 4.78 is 42.2. The Labute approximate surface area is 127 Å². The van der Waals surface area contributed by atoms with Gasteiger partial charge >= 0.3 is 12.1 Å². The number of hydrogen-bond donors (Lipinski definition) is 1. The third-order valence-electron chi connectivity index (χ3n) is 3.01. The van der Waals surface area contributed by atoms with Crippen LogP contribution in [0.1, 0.15) is 38.1 Å². The van der Waals surface area contributed by atoms with Gasteiger partial charge in [-0.05, 0) is 32.4 Å². The molecule has 2 N–H and O–H groups in total. The Bertz CT molecular complexity index is 475. The molecule has 0 radical (unpaired) electrons. The van der Waals surface area contributed by atoms with Gasteiger partial charge in [0, 0.05) is 12.2 Å². The summed E-state index contributed by atoms with van der Waals surface area (Å²) in [7, 11) is 0. The molecule has 21 heavy (non-hydrogen) atoms. The van der Waals surface area contributed by atoms with Gasteiger partial charge in [-0.25, -0.2) is 0 Å². The first-order valence-electron chi connectivity index (χ1n) is 6.06. The van der Waals surface area contributed by atoms with E-state index in [0.717, 1.165) is 12.3 Å². The van der Waals surface area contributed by atoms with Gasteiger partial charge in [0.05, 0.1) is 12.0 Å². The lowest BCUT2D eigenvalue weighted by Gasteiger charge is -2.29. The lowest BCUT2D eigenvalue weighted by atomic mass is 9.81. The molecule has 1 aromatic rings. The second-order valence-electron chi connectivity index (χ2n) is 4.89. The number of ether oxygens (including phenoxy) is 1. The van der Waals surface area contributed by atoms with E-state index in [4.69, 9.17) is 10.5 Å². The van der Waals surface area contributed by atoms with Crippen molar-refractivity contribution in [1.29, 1.82) is 0 Å². The van der Waals surface area contributed by atoms with Gasteiger partial charge in [0.1, 0.15) is 5.69 Å². The standard InChI is InChI=1S/C13H17F3N2O2.ClH/c1-4-20-11(19)12(2,3)10(17)8-5-6-9(18-7-8)13(14,15)16;/h5-7,10H,4,17H2,1-3H3;1H. The molecule has 4 nitrogen and oxygen atoms in total. The number of aromatic nitrogens is 1. The molecule has 0 amide bonds. The molecule has 0 aliphatic carbocycles. The molecular formula is C13H18ClF3N2O2. The smallest absolute Gasteiger partial charge is 0.433 e. The predicted octanol–water partition coefficient (Wildman–Crippen LogP) is 3.11. The topological polar surface area (TPSA) is 65.2 Å². The van der Waals surface area contributed by atoms with Crippen molar-refractivity contribution >= 4 is 18.4 Å². The van der Waals surface area contributed by atoms with Gasteiger partial charge in [0.25, 0.3) is 0 Å². The third kappa shape index (κ3) is 4.57. The lowest BCUT2D eigenvalue weighted by Crippen LogP contribution is -2.38. The zero-order chi connectivity index (χ0) is 15.6. The molecular weight excluding hydrogens is 309 g/mol. The van der Waals surface area contributed by atoms with Crippen molar-refractivity contribution in [2.75, 3.05) is 6.61 Å². The maximum absolute atomic E-state index is 12.4. The van der Waals surface area contributed by atoms with E-state index in [0.29, 0.717) is 5.56 Å². The number of alkyl halides is 3. The first-order valence-corrected chi connectivity index (χ1v) is 6.06. The maximum atomic E-state index is 12.4. The highest BCUT2D eigenvalue weighted by Gasteiger charge is 2.38. The van der Waals surface area contributed by atoms with E-state index >= 15 is 0 Å². The first kappa shape index (κ1) is 19.7. The summed E-state index contributed by atoms with van der Waals surface area (Å²) in [5, 5.41) is 0. The van der Waals surface area contributed by atoms with Gasteiger partial charge in [-0.3, -0.25) is 9.78 Å². The molecule has 1 rings (SSSR count). The van der Waals surface area contributed by atoms with E-state index in [1.807, 2.05) is 0 Å². The summed E-state index contributed by atoms with van der Waals surface area (Å²) in [6, 6.07) is 1.26. The largest absolute Gasteiger partial charge is 0.466 e. The van der Waals surface area contributed by atoms with Crippen molar-refractivity contribution in [2.45, 2.75) is 33.0 Å². The fourth-order valence-electron chi connectivity index (χ4n) is 1.62. The Hall–Kier alpha value is -1.34. The highest BCUT2D eigenvalue weighted by molar-refractivity contribution is 5.85. The fourth-order valence-corrected chi connectivity index (χ4v) is 1.62. The molecule has 1 heterocycles. The highest BCUT2D eigenvalue weighted by atomic mass is 35.5. The number of rotatable bonds is 4. The van der Waals surface area contributed by atoms with Crippen LogP contribution in [0.2, 0.25) is 0 Å². The van der Waals surface area contributed by atoms with Gasteiger partial charge in [0.15, 0.2) is 0 Å². The number of pyridine rings is 1. The van der Waals surface area contributed by atoms with Crippen LogP contribution in [0.4, 0.5) is 13.2 Å². The second kappa shape index (κ2) is 7.09. The number of carbonyl (C=O) groups is 1. The van der Waals surface area contributed by atoms with Crippen LogP contribution in [0.5, 0.6) is 0 Å². The fraction of sp³-hybridized carbons (Fsp3) is 0.538. The normalized spacial score (nSPS) is 13.3. The molecule has 0 saturated carbocycles. The zero-order valence-electron chi connectivity index (χ0n) is 11.9. The van der Waals surface area contributed by atoms with Crippen LogP contribution in [0.25, 0.3) is 0 Å². The Kier molecular flexibility index (Phi) is 6.63. The minimum absolute atomic E-state index is 0. The van der Waals surface area contributed by atoms with E-state index in [2.05, 4.69) is 4.98 Å². The minimum Gasteiger partial charge on any atom is -0.466 e. The summed E-state index contributed by atoms with van der Waals surface area (Å²) >= 11 is 0. The Balaban J connectivity index is 0.00000400. The van der Waals surface area contributed by atoms with Crippen LogP contribution in [-0.4, -0.2) is 17.6 Å². The van der Waals surface area contributed by atoms with E-state index in [1.54, 1.807) is 20.8 Å². The third-order valence-corrected chi connectivity index (χ3v) is 3.01. The van der Waals surface area contributed by atoms with Gasteiger partial charge in [0.2, 0.25) is 0 Å². The number of carbonyl (C=O) groups excluding carboxylic acids is 1. The Morgan fingerprint density at radius 2 is 1.95 bits per heavy atom. The van der Waals surface area contributed by atoms with Crippen LogP contribution < -0.4 is 5.73 Å². The molecule has 0 saturated heterocycles. The molecule has 1 unspecified atom stereocenters. The van der Waals surface area contributed by atoms with Crippen molar-refractivity contribution in [3.05, 3.63) is 29.6 Å². The van der Waals surface area contributed by atoms with Gasteiger partial charge in [-0.15, -0.1) is 12.4 Å². The number of esters is 1.